The van der Waals surface area contributed by atoms with Gasteiger partial charge in [0.05, 0.1) is 24.4 Å². The Labute approximate surface area is 168 Å². The van der Waals surface area contributed by atoms with Crippen molar-refractivity contribution < 1.29 is 9.53 Å². The van der Waals surface area contributed by atoms with E-state index in [1.54, 1.807) is 18.8 Å². The Bertz CT molecular complexity index is 1070. The van der Waals surface area contributed by atoms with Gasteiger partial charge in [-0.05, 0) is 49.7 Å². The van der Waals surface area contributed by atoms with Crippen LogP contribution in [0.2, 0.25) is 0 Å². The average molecular weight is 393 g/mol. The third-order valence-corrected chi connectivity index (χ3v) is 4.50. The first-order valence-corrected chi connectivity index (χ1v) is 9.29. The molecule has 0 aliphatic heterocycles. The highest BCUT2D eigenvalue weighted by atomic mass is 16.5. The van der Waals surface area contributed by atoms with Gasteiger partial charge in [-0.25, -0.2) is 9.67 Å². The number of fused-ring (bicyclic) bond motifs is 1. The molecule has 0 fully saturated rings. The Balaban J connectivity index is 1.67. The maximum Gasteiger partial charge on any atom is 0.233 e. The van der Waals surface area contributed by atoms with Crippen LogP contribution in [0.3, 0.4) is 0 Å². The number of hydrogen-bond donors (Lipinski definition) is 2. The van der Waals surface area contributed by atoms with Crippen LogP contribution in [0.5, 0.6) is 5.75 Å². The highest BCUT2D eigenvalue weighted by molar-refractivity contribution is 5.83. The zero-order valence-electron chi connectivity index (χ0n) is 16.7. The largest absolute Gasteiger partial charge is 0.493 e. The lowest BCUT2D eigenvalue weighted by molar-refractivity contribution is -0.119. The number of pyridine rings is 1. The minimum absolute atomic E-state index is 0.0365. The molecule has 0 aliphatic rings. The number of amides is 1. The van der Waals surface area contributed by atoms with Gasteiger partial charge >= 0.3 is 0 Å². The Hall–Kier alpha value is -3.51. The van der Waals surface area contributed by atoms with Crippen molar-refractivity contribution in [3.63, 3.8) is 0 Å². The summed E-state index contributed by atoms with van der Waals surface area (Å²) in [5.41, 5.74) is 4.07. The maximum atomic E-state index is 11.1. The van der Waals surface area contributed by atoms with Crippen LogP contribution < -0.4 is 15.4 Å². The lowest BCUT2D eigenvalue weighted by atomic mass is 10.1. The van der Waals surface area contributed by atoms with E-state index in [1.807, 2.05) is 31.2 Å². The van der Waals surface area contributed by atoms with E-state index in [-0.39, 0.29) is 11.6 Å². The molecule has 0 saturated heterocycles. The molecule has 1 aromatic carbocycles. The van der Waals surface area contributed by atoms with Crippen molar-refractivity contribution in [2.45, 2.75) is 13.3 Å². The molecule has 0 atom stereocenters. The molecule has 0 bridgehead atoms. The Morgan fingerprint density at radius 2 is 2.17 bits per heavy atom. The first kappa shape index (κ1) is 20.2. The highest BCUT2D eigenvalue weighted by Crippen LogP contribution is 2.27. The second-order valence-corrected chi connectivity index (χ2v) is 6.58. The predicted octanol–water partition coefficient (Wildman–Crippen LogP) is 1.31. The van der Waals surface area contributed by atoms with E-state index in [9.17, 15) is 10.1 Å². The molecule has 0 radical (unpaired) electrons. The number of aryl methyl sites for hydroxylation is 2. The van der Waals surface area contributed by atoms with Crippen LogP contribution in [-0.4, -0.2) is 52.6 Å². The number of nitrogens with one attached hydrogen (secondary N) is 2. The van der Waals surface area contributed by atoms with Crippen LogP contribution in [0.1, 0.15) is 17.7 Å². The smallest absolute Gasteiger partial charge is 0.233 e. The van der Waals surface area contributed by atoms with Crippen LogP contribution in [0.15, 0.2) is 24.3 Å². The van der Waals surface area contributed by atoms with E-state index >= 15 is 0 Å². The number of likely N-dealkylation sites (N-methyl/N-ethyl adjacent to an activating group) is 1. The number of nitriles is 1. The second-order valence-electron chi connectivity index (χ2n) is 6.58. The third kappa shape index (κ3) is 4.67. The first-order valence-electron chi connectivity index (χ1n) is 9.29. The second kappa shape index (κ2) is 9.12. The number of nitrogens with zero attached hydrogens (tertiary/aromatic N) is 5. The normalized spacial score (nSPS) is 10.7. The monoisotopic (exact) mass is 393 g/mol. The number of carbonyl (C=O) groups is 1. The molecule has 29 heavy (non-hydrogen) atoms. The summed E-state index contributed by atoms with van der Waals surface area (Å²) in [6, 6.07) is 9.78. The highest BCUT2D eigenvalue weighted by Gasteiger charge is 2.13. The summed E-state index contributed by atoms with van der Waals surface area (Å²) in [6.07, 6.45) is 0.787. The maximum absolute atomic E-state index is 11.1. The Morgan fingerprint density at radius 1 is 1.34 bits per heavy atom. The number of carbonyl (C=O) groups excluding carboxylic acids is 1. The molecule has 9 heteroatoms. The van der Waals surface area contributed by atoms with Gasteiger partial charge in [-0.2, -0.15) is 5.26 Å². The van der Waals surface area contributed by atoms with Gasteiger partial charge in [0, 0.05) is 19.7 Å². The standard InChI is InChI=1S/C20H23N7O2/c1-13-9-14(5-6-18(13)29-8-4-7-23-12-19(28)22-2)15-10-17-20(16(11-21)24-15)25-26-27(17)3/h5-6,9-10,23H,4,7-8,12H2,1-3H3,(H,22,28). The van der Waals surface area contributed by atoms with Gasteiger partial charge < -0.3 is 15.4 Å². The van der Waals surface area contributed by atoms with Gasteiger partial charge in [0.2, 0.25) is 5.91 Å². The summed E-state index contributed by atoms with van der Waals surface area (Å²) in [5, 5.41) is 23.0. The molecular formula is C20H23N7O2. The predicted molar refractivity (Wildman–Crippen MR) is 108 cm³/mol. The molecule has 0 saturated carbocycles. The van der Waals surface area contributed by atoms with Crippen molar-refractivity contribution in [2.75, 3.05) is 26.7 Å². The summed E-state index contributed by atoms with van der Waals surface area (Å²) in [7, 11) is 3.40. The quantitative estimate of drug-likeness (QED) is 0.554. The molecular weight excluding hydrogens is 370 g/mol. The van der Waals surface area contributed by atoms with Gasteiger partial charge in [-0.1, -0.05) is 5.21 Å². The van der Waals surface area contributed by atoms with E-state index in [1.165, 1.54) is 0 Å². The van der Waals surface area contributed by atoms with Crippen molar-refractivity contribution in [3.05, 3.63) is 35.5 Å². The van der Waals surface area contributed by atoms with E-state index in [0.717, 1.165) is 28.8 Å². The topological polar surface area (TPSA) is 118 Å². The summed E-state index contributed by atoms with van der Waals surface area (Å²) in [5.74, 6) is 0.759. The molecule has 9 nitrogen and oxygen atoms in total. The molecule has 150 valence electrons. The van der Waals surface area contributed by atoms with Crippen LogP contribution in [-0.2, 0) is 11.8 Å². The van der Waals surface area contributed by atoms with Crippen molar-refractivity contribution in [1.82, 2.24) is 30.6 Å². The Morgan fingerprint density at radius 3 is 2.90 bits per heavy atom. The molecule has 0 unspecified atom stereocenters. The van der Waals surface area contributed by atoms with Crippen LogP contribution in [0, 0.1) is 18.3 Å². The molecule has 2 N–H and O–H groups in total. The minimum atomic E-state index is -0.0365. The SMILES string of the molecule is CNC(=O)CNCCCOc1ccc(-c2cc3c(nnn3C)c(C#N)n2)cc1C. The number of aromatic nitrogens is 4. The Kier molecular flexibility index (Phi) is 6.36. The zero-order chi connectivity index (χ0) is 20.8. The molecule has 0 spiro atoms. The summed E-state index contributed by atoms with van der Waals surface area (Å²) in [6.45, 7) is 3.52. The number of benzene rings is 1. The number of ether oxygens (including phenoxy) is 1. The fraction of sp³-hybridized carbons (Fsp3) is 0.350. The van der Waals surface area contributed by atoms with E-state index in [0.29, 0.717) is 30.9 Å². The van der Waals surface area contributed by atoms with E-state index < -0.39 is 0 Å². The summed E-state index contributed by atoms with van der Waals surface area (Å²) < 4.78 is 7.47. The molecule has 3 rings (SSSR count). The minimum Gasteiger partial charge on any atom is -0.493 e. The van der Waals surface area contributed by atoms with Crippen LogP contribution in [0.25, 0.3) is 22.3 Å². The van der Waals surface area contributed by atoms with Crippen LogP contribution >= 0.6 is 0 Å². The lowest BCUT2D eigenvalue weighted by Crippen LogP contribution is -2.32. The van der Waals surface area contributed by atoms with Gasteiger partial charge in [0.25, 0.3) is 0 Å². The lowest BCUT2D eigenvalue weighted by Gasteiger charge is -2.11. The zero-order valence-corrected chi connectivity index (χ0v) is 16.7. The molecule has 2 aromatic heterocycles. The van der Waals surface area contributed by atoms with Crippen LogP contribution in [0.4, 0.5) is 0 Å². The number of hydrogen-bond acceptors (Lipinski definition) is 7. The van der Waals surface area contributed by atoms with Gasteiger partial charge in [0.15, 0.2) is 5.69 Å². The van der Waals surface area contributed by atoms with E-state index in [4.69, 9.17) is 4.74 Å². The van der Waals surface area contributed by atoms with Crippen molar-refractivity contribution in [3.8, 4) is 23.1 Å². The van der Waals surface area contributed by atoms with Gasteiger partial charge in [-0.3, -0.25) is 4.79 Å². The average Bonchev–Trinajstić information content (AvgIpc) is 3.11. The van der Waals surface area contributed by atoms with Crippen molar-refractivity contribution in [2.24, 2.45) is 7.05 Å². The molecule has 3 aromatic rings. The summed E-state index contributed by atoms with van der Waals surface area (Å²) in [4.78, 5) is 15.6. The molecule has 2 heterocycles. The summed E-state index contributed by atoms with van der Waals surface area (Å²) >= 11 is 0. The fourth-order valence-corrected chi connectivity index (χ4v) is 2.90. The first-order chi connectivity index (χ1) is 14.0. The van der Waals surface area contributed by atoms with Crippen molar-refractivity contribution in [1.29, 1.82) is 5.26 Å². The van der Waals surface area contributed by atoms with E-state index in [2.05, 4.69) is 32.0 Å². The van der Waals surface area contributed by atoms with Gasteiger partial charge in [0.1, 0.15) is 17.3 Å². The molecule has 1 amide bonds. The number of rotatable bonds is 8. The van der Waals surface area contributed by atoms with Crippen molar-refractivity contribution >= 4 is 16.9 Å². The van der Waals surface area contributed by atoms with Gasteiger partial charge in [-0.15, -0.1) is 5.10 Å². The fourth-order valence-electron chi connectivity index (χ4n) is 2.90. The molecule has 0 aliphatic carbocycles. The third-order valence-electron chi connectivity index (χ3n) is 4.50.